The van der Waals surface area contributed by atoms with Crippen LogP contribution in [-0.4, -0.2) is 12.6 Å². The maximum Gasteiger partial charge on any atom is 0.129 e. The Kier molecular flexibility index (Phi) is 4.70. The van der Waals surface area contributed by atoms with Crippen molar-refractivity contribution < 1.29 is 8.78 Å². The van der Waals surface area contributed by atoms with Crippen LogP contribution in [0.4, 0.5) is 8.78 Å². The molecule has 0 spiro atoms. The van der Waals surface area contributed by atoms with E-state index in [9.17, 15) is 8.78 Å². The number of hydrogen-bond donors (Lipinski definition) is 1. The second-order valence-electron chi connectivity index (χ2n) is 5.27. The lowest BCUT2D eigenvalue weighted by atomic mass is 9.97. The molecule has 1 aromatic rings. The Morgan fingerprint density at radius 2 is 2.11 bits per heavy atom. The first kappa shape index (κ1) is 13.5. The van der Waals surface area contributed by atoms with Gasteiger partial charge in [-0.05, 0) is 56.2 Å². The molecule has 1 fully saturated rings. The van der Waals surface area contributed by atoms with Gasteiger partial charge in [0.15, 0.2) is 0 Å². The summed E-state index contributed by atoms with van der Waals surface area (Å²) >= 11 is 0. The molecule has 1 saturated carbocycles. The minimum absolute atomic E-state index is 0.403. The Morgan fingerprint density at radius 3 is 2.83 bits per heavy atom. The number of benzene rings is 1. The zero-order valence-electron chi connectivity index (χ0n) is 10.9. The van der Waals surface area contributed by atoms with E-state index in [0.717, 1.165) is 38.3 Å². The van der Waals surface area contributed by atoms with Crippen LogP contribution in [-0.2, 0) is 6.42 Å². The van der Waals surface area contributed by atoms with Crippen LogP contribution in [0.25, 0.3) is 0 Å². The fourth-order valence-corrected chi connectivity index (χ4v) is 2.79. The van der Waals surface area contributed by atoms with E-state index < -0.39 is 11.6 Å². The number of rotatable bonds is 5. The van der Waals surface area contributed by atoms with E-state index >= 15 is 0 Å². The molecule has 0 aliphatic heterocycles. The van der Waals surface area contributed by atoms with Crippen LogP contribution in [0.1, 0.15) is 38.2 Å². The van der Waals surface area contributed by atoms with Crippen molar-refractivity contribution in [3.8, 4) is 0 Å². The smallest absolute Gasteiger partial charge is 0.129 e. The molecule has 1 nitrogen and oxygen atoms in total. The molecule has 100 valence electrons. The Morgan fingerprint density at radius 1 is 1.28 bits per heavy atom. The molecule has 2 rings (SSSR count). The van der Waals surface area contributed by atoms with Gasteiger partial charge in [0.05, 0.1) is 0 Å². The fourth-order valence-electron chi connectivity index (χ4n) is 2.79. The van der Waals surface area contributed by atoms with Gasteiger partial charge in [0.1, 0.15) is 11.6 Å². The Balaban J connectivity index is 1.87. The summed E-state index contributed by atoms with van der Waals surface area (Å²) in [4.78, 5) is 0. The summed E-state index contributed by atoms with van der Waals surface area (Å²) < 4.78 is 26.4. The van der Waals surface area contributed by atoms with E-state index in [1.165, 1.54) is 12.5 Å². The van der Waals surface area contributed by atoms with E-state index in [-0.39, 0.29) is 0 Å². The van der Waals surface area contributed by atoms with E-state index in [4.69, 9.17) is 0 Å². The summed E-state index contributed by atoms with van der Waals surface area (Å²) in [6.45, 7) is 3.22. The first-order chi connectivity index (χ1) is 8.69. The number of nitrogens with one attached hydrogen (secondary N) is 1. The van der Waals surface area contributed by atoms with Crippen molar-refractivity contribution in [1.29, 1.82) is 0 Å². The second kappa shape index (κ2) is 6.28. The summed E-state index contributed by atoms with van der Waals surface area (Å²) in [6.07, 6.45) is 5.30. The molecule has 2 unspecified atom stereocenters. The summed E-state index contributed by atoms with van der Waals surface area (Å²) in [7, 11) is 0. The first-order valence-corrected chi connectivity index (χ1v) is 6.86. The highest BCUT2D eigenvalue weighted by Gasteiger charge is 2.24. The maximum absolute atomic E-state index is 13.5. The highest BCUT2D eigenvalue weighted by Crippen LogP contribution is 2.29. The molecule has 1 aliphatic carbocycles. The molecular formula is C15H21F2N. The predicted octanol–water partition coefficient (Wildman–Crippen LogP) is 3.68. The standard InChI is InChI=1S/C15H21F2N/c1-2-7-18-14-6-3-11(9-14)8-12-4-5-13(16)10-15(12)17/h4-5,10-11,14,18H,2-3,6-9H2,1H3. The van der Waals surface area contributed by atoms with Crippen LogP contribution in [0.5, 0.6) is 0 Å². The predicted molar refractivity (Wildman–Crippen MR) is 69.5 cm³/mol. The number of hydrogen-bond acceptors (Lipinski definition) is 1. The van der Waals surface area contributed by atoms with Crippen molar-refractivity contribution in [2.75, 3.05) is 6.54 Å². The molecule has 0 heterocycles. The highest BCUT2D eigenvalue weighted by atomic mass is 19.1. The van der Waals surface area contributed by atoms with E-state index in [1.807, 2.05) is 0 Å². The van der Waals surface area contributed by atoms with Crippen LogP contribution >= 0.6 is 0 Å². The molecule has 0 saturated heterocycles. The molecule has 0 aromatic heterocycles. The molecule has 2 atom stereocenters. The highest BCUT2D eigenvalue weighted by molar-refractivity contribution is 5.19. The third-order valence-electron chi connectivity index (χ3n) is 3.75. The van der Waals surface area contributed by atoms with Gasteiger partial charge < -0.3 is 5.32 Å². The first-order valence-electron chi connectivity index (χ1n) is 6.86. The molecular weight excluding hydrogens is 232 g/mol. The van der Waals surface area contributed by atoms with Gasteiger partial charge in [-0.3, -0.25) is 0 Å². The lowest BCUT2D eigenvalue weighted by Gasteiger charge is -2.13. The van der Waals surface area contributed by atoms with Crippen LogP contribution < -0.4 is 5.32 Å². The average molecular weight is 253 g/mol. The average Bonchev–Trinajstić information content (AvgIpc) is 2.78. The van der Waals surface area contributed by atoms with Crippen molar-refractivity contribution in [2.45, 2.75) is 45.1 Å². The van der Waals surface area contributed by atoms with E-state index in [0.29, 0.717) is 17.5 Å². The van der Waals surface area contributed by atoms with Gasteiger partial charge >= 0.3 is 0 Å². The van der Waals surface area contributed by atoms with Gasteiger partial charge in [0.2, 0.25) is 0 Å². The molecule has 0 amide bonds. The topological polar surface area (TPSA) is 12.0 Å². The van der Waals surface area contributed by atoms with Gasteiger partial charge in [-0.2, -0.15) is 0 Å². The SMILES string of the molecule is CCCNC1CCC(Cc2ccc(F)cc2F)C1. The third-order valence-corrected chi connectivity index (χ3v) is 3.75. The van der Waals surface area contributed by atoms with Crippen molar-refractivity contribution >= 4 is 0 Å². The third kappa shape index (κ3) is 3.52. The van der Waals surface area contributed by atoms with Gasteiger partial charge in [0, 0.05) is 12.1 Å². The lowest BCUT2D eigenvalue weighted by molar-refractivity contribution is 0.475. The van der Waals surface area contributed by atoms with Gasteiger partial charge in [-0.25, -0.2) is 8.78 Å². The molecule has 1 N–H and O–H groups in total. The van der Waals surface area contributed by atoms with Crippen molar-refractivity contribution in [3.05, 3.63) is 35.4 Å². The molecule has 1 aromatic carbocycles. The quantitative estimate of drug-likeness (QED) is 0.844. The zero-order chi connectivity index (χ0) is 13.0. The zero-order valence-corrected chi connectivity index (χ0v) is 10.9. The minimum Gasteiger partial charge on any atom is -0.314 e. The van der Waals surface area contributed by atoms with E-state index in [1.54, 1.807) is 6.07 Å². The van der Waals surface area contributed by atoms with E-state index in [2.05, 4.69) is 12.2 Å². The van der Waals surface area contributed by atoms with Crippen LogP contribution in [0.15, 0.2) is 18.2 Å². The van der Waals surface area contributed by atoms with Gasteiger partial charge in [-0.15, -0.1) is 0 Å². The summed E-state index contributed by atoms with van der Waals surface area (Å²) in [5, 5.41) is 3.52. The summed E-state index contributed by atoms with van der Waals surface area (Å²) in [5.41, 5.74) is 0.651. The van der Waals surface area contributed by atoms with Gasteiger partial charge in [0.25, 0.3) is 0 Å². The monoisotopic (exact) mass is 253 g/mol. The normalized spacial score (nSPS) is 23.5. The maximum atomic E-state index is 13.5. The van der Waals surface area contributed by atoms with Crippen LogP contribution in [0.2, 0.25) is 0 Å². The summed E-state index contributed by atoms with van der Waals surface area (Å²) in [5.74, 6) is -0.371. The Bertz CT molecular complexity index is 392. The Labute approximate surface area is 108 Å². The molecule has 1 aliphatic rings. The van der Waals surface area contributed by atoms with Crippen molar-refractivity contribution in [3.63, 3.8) is 0 Å². The molecule has 0 bridgehead atoms. The van der Waals surface area contributed by atoms with Crippen molar-refractivity contribution in [1.82, 2.24) is 5.32 Å². The van der Waals surface area contributed by atoms with Crippen LogP contribution in [0.3, 0.4) is 0 Å². The van der Waals surface area contributed by atoms with Crippen LogP contribution in [0, 0.1) is 17.6 Å². The minimum atomic E-state index is -0.495. The number of halogens is 2. The second-order valence-corrected chi connectivity index (χ2v) is 5.27. The Hall–Kier alpha value is -0.960. The van der Waals surface area contributed by atoms with Gasteiger partial charge in [-0.1, -0.05) is 13.0 Å². The molecule has 3 heteroatoms. The lowest BCUT2D eigenvalue weighted by Crippen LogP contribution is -2.27. The summed E-state index contributed by atoms with van der Waals surface area (Å²) in [6, 6.07) is 4.49. The fraction of sp³-hybridized carbons (Fsp3) is 0.600. The molecule has 0 radical (unpaired) electrons. The largest absolute Gasteiger partial charge is 0.314 e. The molecule has 18 heavy (non-hydrogen) atoms. The van der Waals surface area contributed by atoms with Crippen molar-refractivity contribution in [2.24, 2.45) is 5.92 Å².